The number of hydrogen-bond acceptors (Lipinski definition) is 3. The van der Waals surface area contributed by atoms with Crippen molar-refractivity contribution in [1.29, 1.82) is 0 Å². The van der Waals surface area contributed by atoms with Crippen molar-refractivity contribution in [3.63, 3.8) is 0 Å². The minimum Gasteiger partial charge on any atom is -0.469 e. The van der Waals surface area contributed by atoms with Crippen molar-refractivity contribution in [1.82, 2.24) is 4.90 Å². The Balaban J connectivity index is 1.84. The lowest BCUT2D eigenvalue weighted by molar-refractivity contribution is -0.145. The maximum absolute atomic E-state index is 12.3. The molecule has 3 nitrogen and oxygen atoms in total. The monoisotopic (exact) mass is 363 g/mol. The summed E-state index contributed by atoms with van der Waals surface area (Å²) in [6.45, 7) is 2.24. The maximum atomic E-state index is 12.3. The third-order valence-electron chi connectivity index (χ3n) is 4.46. The number of rotatable bonds is 4. The van der Waals surface area contributed by atoms with E-state index in [2.05, 4.69) is 17.0 Å². The highest BCUT2D eigenvalue weighted by Crippen LogP contribution is 2.36. The van der Waals surface area contributed by atoms with Crippen LogP contribution in [0.4, 0.5) is 0 Å². The number of nitrogens with zero attached hydrogens (tertiary/aromatic N) is 1. The molecule has 0 aliphatic carbocycles. The molecule has 0 bridgehead atoms. The van der Waals surface area contributed by atoms with E-state index < -0.39 is 0 Å². The summed E-state index contributed by atoms with van der Waals surface area (Å²) in [5.74, 6) is -0.378. The van der Waals surface area contributed by atoms with E-state index in [0.717, 1.165) is 18.7 Å². The van der Waals surface area contributed by atoms with E-state index >= 15 is 0 Å². The highest BCUT2D eigenvalue weighted by Gasteiger charge is 2.39. The second-order valence-corrected chi connectivity index (χ2v) is 6.99. The molecule has 0 N–H and O–H groups in total. The molecule has 2 aromatic carbocycles. The van der Waals surface area contributed by atoms with Gasteiger partial charge in [0.2, 0.25) is 0 Å². The fourth-order valence-electron chi connectivity index (χ4n) is 3.37. The average Bonchev–Trinajstić information content (AvgIpc) is 2.98. The Morgan fingerprint density at radius 2 is 1.79 bits per heavy atom. The summed E-state index contributed by atoms with van der Waals surface area (Å²) >= 11 is 12.3. The molecule has 1 saturated heterocycles. The van der Waals surface area contributed by atoms with Gasteiger partial charge >= 0.3 is 5.97 Å². The Morgan fingerprint density at radius 3 is 2.42 bits per heavy atom. The van der Waals surface area contributed by atoms with E-state index in [9.17, 15) is 4.79 Å². The molecule has 2 atom stereocenters. The minimum atomic E-state index is -0.215. The number of halogens is 2. The number of esters is 1. The van der Waals surface area contributed by atoms with Crippen LogP contribution < -0.4 is 0 Å². The van der Waals surface area contributed by atoms with Crippen molar-refractivity contribution in [3.8, 4) is 0 Å². The molecule has 0 radical (unpaired) electrons. The lowest BCUT2D eigenvalue weighted by atomic mass is 9.89. The first-order chi connectivity index (χ1) is 11.6. The highest BCUT2D eigenvalue weighted by molar-refractivity contribution is 6.34. The van der Waals surface area contributed by atoms with Gasteiger partial charge in [-0.1, -0.05) is 53.5 Å². The van der Waals surface area contributed by atoms with Crippen LogP contribution in [0, 0.1) is 5.92 Å². The fraction of sp³-hybridized carbons (Fsp3) is 0.316. The van der Waals surface area contributed by atoms with Crippen molar-refractivity contribution < 1.29 is 9.53 Å². The Hall–Kier alpha value is -1.55. The van der Waals surface area contributed by atoms with Crippen LogP contribution in [0.15, 0.2) is 48.5 Å². The van der Waals surface area contributed by atoms with Crippen molar-refractivity contribution in [3.05, 3.63) is 69.7 Å². The van der Waals surface area contributed by atoms with Crippen LogP contribution in [0.3, 0.4) is 0 Å². The summed E-state index contributed by atoms with van der Waals surface area (Å²) < 4.78 is 5.01. The predicted octanol–water partition coefficient (Wildman–Crippen LogP) is 4.38. The summed E-state index contributed by atoms with van der Waals surface area (Å²) in [7, 11) is 1.43. The lowest BCUT2D eigenvalue weighted by Gasteiger charge is -2.17. The average molecular weight is 364 g/mol. The van der Waals surface area contributed by atoms with Gasteiger partial charge in [0.25, 0.3) is 0 Å². The van der Waals surface area contributed by atoms with E-state index in [0.29, 0.717) is 16.6 Å². The fourth-order valence-corrected chi connectivity index (χ4v) is 3.92. The minimum absolute atomic E-state index is 0.0253. The molecular weight excluding hydrogens is 345 g/mol. The highest BCUT2D eigenvalue weighted by atomic mass is 35.5. The third kappa shape index (κ3) is 3.92. The molecule has 1 aliphatic heterocycles. The van der Waals surface area contributed by atoms with Gasteiger partial charge in [0.15, 0.2) is 0 Å². The van der Waals surface area contributed by atoms with E-state index in [1.807, 2.05) is 30.3 Å². The first kappa shape index (κ1) is 17.3. The number of carbonyl (C=O) groups excluding carboxylic acids is 1. The molecule has 2 unspecified atom stereocenters. The molecule has 2 aromatic rings. The van der Waals surface area contributed by atoms with Gasteiger partial charge in [-0.25, -0.2) is 0 Å². The normalized spacial score (nSPS) is 21.0. The van der Waals surface area contributed by atoms with Crippen LogP contribution in [-0.2, 0) is 16.1 Å². The standard InChI is InChI=1S/C19H19Cl2NO2/c1-24-19(23)18-12-22(10-13-5-3-2-4-6-13)11-17(18)14-7-15(20)9-16(21)8-14/h2-9,17-18H,10-12H2,1H3. The lowest BCUT2D eigenvalue weighted by Crippen LogP contribution is -2.24. The van der Waals surface area contributed by atoms with Crippen LogP contribution in [0.2, 0.25) is 10.0 Å². The van der Waals surface area contributed by atoms with Gasteiger partial charge in [-0.05, 0) is 29.3 Å². The predicted molar refractivity (Wildman–Crippen MR) is 96.4 cm³/mol. The summed E-state index contributed by atoms with van der Waals surface area (Å²) in [5.41, 5.74) is 2.21. The van der Waals surface area contributed by atoms with E-state index in [4.69, 9.17) is 27.9 Å². The van der Waals surface area contributed by atoms with Crippen molar-refractivity contribution in [2.24, 2.45) is 5.92 Å². The van der Waals surface area contributed by atoms with E-state index in [-0.39, 0.29) is 17.8 Å². The van der Waals surface area contributed by atoms with Crippen molar-refractivity contribution >= 4 is 29.2 Å². The Morgan fingerprint density at radius 1 is 1.12 bits per heavy atom. The number of methoxy groups -OCH3 is 1. The smallest absolute Gasteiger partial charge is 0.310 e. The third-order valence-corrected chi connectivity index (χ3v) is 4.90. The molecular formula is C19H19Cl2NO2. The molecule has 3 rings (SSSR count). The molecule has 1 aliphatic rings. The van der Waals surface area contributed by atoms with Gasteiger partial charge in [-0.2, -0.15) is 0 Å². The number of ether oxygens (including phenoxy) is 1. The molecule has 0 amide bonds. The topological polar surface area (TPSA) is 29.5 Å². The zero-order chi connectivity index (χ0) is 17.1. The van der Waals surface area contributed by atoms with E-state index in [1.165, 1.54) is 12.7 Å². The van der Waals surface area contributed by atoms with Gasteiger partial charge < -0.3 is 4.74 Å². The first-order valence-electron chi connectivity index (χ1n) is 7.87. The molecule has 1 fully saturated rings. The molecule has 1 heterocycles. The van der Waals surface area contributed by atoms with Crippen LogP contribution in [0.1, 0.15) is 17.0 Å². The van der Waals surface area contributed by atoms with Crippen molar-refractivity contribution in [2.45, 2.75) is 12.5 Å². The number of hydrogen-bond donors (Lipinski definition) is 0. The summed E-state index contributed by atoms with van der Waals surface area (Å²) in [4.78, 5) is 14.5. The van der Waals surface area contributed by atoms with Gasteiger partial charge in [-0.15, -0.1) is 0 Å². The van der Waals surface area contributed by atoms with Crippen LogP contribution in [0.25, 0.3) is 0 Å². The number of carbonyl (C=O) groups is 1. The number of benzene rings is 2. The maximum Gasteiger partial charge on any atom is 0.310 e. The van der Waals surface area contributed by atoms with Gasteiger partial charge in [0, 0.05) is 35.6 Å². The van der Waals surface area contributed by atoms with Crippen LogP contribution in [-0.4, -0.2) is 31.1 Å². The van der Waals surface area contributed by atoms with Crippen molar-refractivity contribution in [2.75, 3.05) is 20.2 Å². The molecule has 5 heteroatoms. The molecule has 24 heavy (non-hydrogen) atoms. The Kier molecular flexibility index (Phi) is 5.44. The number of likely N-dealkylation sites (tertiary alicyclic amines) is 1. The molecule has 0 spiro atoms. The van der Waals surface area contributed by atoms with Gasteiger partial charge in [-0.3, -0.25) is 9.69 Å². The van der Waals surface area contributed by atoms with Crippen LogP contribution >= 0.6 is 23.2 Å². The first-order valence-corrected chi connectivity index (χ1v) is 8.62. The molecule has 126 valence electrons. The Labute approximate surface area is 152 Å². The summed E-state index contributed by atoms with van der Waals surface area (Å²) in [6, 6.07) is 15.7. The Bertz CT molecular complexity index is 700. The zero-order valence-corrected chi connectivity index (χ0v) is 14.9. The largest absolute Gasteiger partial charge is 0.469 e. The van der Waals surface area contributed by atoms with E-state index in [1.54, 1.807) is 6.07 Å². The summed E-state index contributed by atoms with van der Waals surface area (Å²) in [5, 5.41) is 1.17. The molecule has 0 saturated carbocycles. The van der Waals surface area contributed by atoms with Crippen LogP contribution in [0.5, 0.6) is 0 Å². The second-order valence-electron chi connectivity index (χ2n) is 6.12. The SMILES string of the molecule is COC(=O)C1CN(Cc2ccccc2)CC1c1cc(Cl)cc(Cl)c1. The van der Waals surface area contributed by atoms with Gasteiger partial charge in [0.1, 0.15) is 0 Å². The van der Waals surface area contributed by atoms with Gasteiger partial charge in [0.05, 0.1) is 13.0 Å². The molecule has 0 aromatic heterocycles. The quantitative estimate of drug-likeness (QED) is 0.754. The second kappa shape index (κ2) is 7.56. The summed E-state index contributed by atoms with van der Waals surface area (Å²) in [6.07, 6.45) is 0. The zero-order valence-electron chi connectivity index (χ0n) is 13.4.